The maximum absolute atomic E-state index is 5.14. The van der Waals surface area contributed by atoms with E-state index in [1.54, 1.807) is 0 Å². The van der Waals surface area contributed by atoms with Gasteiger partial charge in [-0.1, -0.05) is 24.4 Å². The van der Waals surface area contributed by atoms with Crippen molar-refractivity contribution in [1.29, 1.82) is 0 Å². The molecule has 1 saturated heterocycles. The van der Waals surface area contributed by atoms with E-state index in [0.717, 1.165) is 18.0 Å². The predicted octanol–water partition coefficient (Wildman–Crippen LogP) is 3.53. The molecule has 0 N–H and O–H groups in total. The third-order valence-electron chi connectivity index (χ3n) is 4.89. The first-order valence-electron chi connectivity index (χ1n) is 7.40. The van der Waals surface area contributed by atoms with Crippen LogP contribution in [0.5, 0.6) is 0 Å². The topological polar surface area (TPSA) is 29.3 Å². The number of likely N-dealkylation sites (tertiary alicyclic amines) is 1. The lowest BCUT2D eigenvalue weighted by Crippen LogP contribution is -2.40. The number of piperidine rings is 1. The van der Waals surface area contributed by atoms with Crippen molar-refractivity contribution in [1.82, 2.24) is 10.1 Å². The monoisotopic (exact) mass is 248 g/mol. The van der Waals surface area contributed by atoms with Gasteiger partial charge in [0.1, 0.15) is 5.76 Å². The molecule has 1 saturated carbocycles. The lowest BCUT2D eigenvalue weighted by molar-refractivity contribution is 0.0630. The van der Waals surface area contributed by atoms with Gasteiger partial charge in [-0.05, 0) is 51.1 Å². The quantitative estimate of drug-likeness (QED) is 0.801. The zero-order chi connectivity index (χ0) is 12.4. The van der Waals surface area contributed by atoms with Gasteiger partial charge in [0, 0.05) is 12.6 Å². The molecule has 0 atom stereocenters. The molecule has 3 rings (SSSR count). The van der Waals surface area contributed by atoms with Crippen LogP contribution in [0.25, 0.3) is 0 Å². The first-order valence-corrected chi connectivity index (χ1v) is 7.40. The summed E-state index contributed by atoms with van der Waals surface area (Å²) in [6.45, 7) is 5.41. The van der Waals surface area contributed by atoms with E-state index in [9.17, 15) is 0 Å². The molecule has 2 fully saturated rings. The second-order valence-electron chi connectivity index (χ2n) is 6.27. The number of aryl methyl sites for hydroxylation is 1. The summed E-state index contributed by atoms with van der Waals surface area (Å²) < 4.78 is 5.14. The Labute approximate surface area is 110 Å². The average molecular weight is 248 g/mol. The molecule has 18 heavy (non-hydrogen) atoms. The Morgan fingerprint density at radius 1 is 1.17 bits per heavy atom. The lowest BCUT2D eigenvalue weighted by Gasteiger charge is -2.44. The Kier molecular flexibility index (Phi) is 3.42. The molecule has 0 bridgehead atoms. The molecule has 1 aliphatic heterocycles. The maximum Gasteiger partial charge on any atom is 0.133 e. The molecule has 2 heterocycles. The minimum Gasteiger partial charge on any atom is -0.361 e. The van der Waals surface area contributed by atoms with E-state index in [1.165, 1.54) is 58.0 Å². The summed E-state index contributed by atoms with van der Waals surface area (Å²) in [5, 5.41) is 4.10. The first-order chi connectivity index (χ1) is 8.76. The minimum atomic E-state index is 0.703. The summed E-state index contributed by atoms with van der Waals surface area (Å²) in [4.78, 5) is 2.54. The van der Waals surface area contributed by atoms with Crippen molar-refractivity contribution in [3.8, 4) is 0 Å². The molecule has 1 spiro atoms. The molecule has 0 aromatic carbocycles. The van der Waals surface area contributed by atoms with Crippen LogP contribution in [-0.4, -0.2) is 23.1 Å². The van der Waals surface area contributed by atoms with E-state index < -0.39 is 0 Å². The molecule has 2 aliphatic rings. The van der Waals surface area contributed by atoms with E-state index in [0.29, 0.717) is 5.41 Å². The summed E-state index contributed by atoms with van der Waals surface area (Å²) in [6.07, 6.45) is 10.1. The molecule has 1 aromatic rings. The van der Waals surface area contributed by atoms with Gasteiger partial charge in [-0.3, -0.25) is 4.90 Å². The molecule has 3 heteroatoms. The Hall–Kier alpha value is -0.830. The van der Waals surface area contributed by atoms with E-state index in [2.05, 4.69) is 16.1 Å². The normalized spacial score (nSPS) is 24.5. The van der Waals surface area contributed by atoms with Crippen LogP contribution in [0.2, 0.25) is 0 Å². The number of hydrogen-bond acceptors (Lipinski definition) is 3. The Bertz CT molecular complexity index is 383. The van der Waals surface area contributed by atoms with E-state index >= 15 is 0 Å². The maximum atomic E-state index is 5.14. The van der Waals surface area contributed by atoms with Crippen LogP contribution >= 0.6 is 0 Å². The van der Waals surface area contributed by atoms with Gasteiger partial charge in [-0.25, -0.2) is 0 Å². The van der Waals surface area contributed by atoms with Crippen molar-refractivity contribution in [2.45, 2.75) is 58.4 Å². The predicted molar refractivity (Wildman–Crippen MR) is 71.3 cm³/mol. The zero-order valence-corrected chi connectivity index (χ0v) is 11.5. The first kappa shape index (κ1) is 12.2. The molecule has 0 amide bonds. The van der Waals surface area contributed by atoms with Gasteiger partial charge < -0.3 is 4.52 Å². The fraction of sp³-hybridized carbons (Fsp3) is 0.800. The fourth-order valence-corrected chi connectivity index (χ4v) is 3.71. The lowest BCUT2D eigenvalue weighted by atomic mass is 9.68. The smallest absolute Gasteiger partial charge is 0.133 e. The summed E-state index contributed by atoms with van der Waals surface area (Å²) >= 11 is 0. The third kappa shape index (κ3) is 2.61. The number of hydrogen-bond donors (Lipinski definition) is 0. The van der Waals surface area contributed by atoms with Gasteiger partial charge in [-0.15, -0.1) is 0 Å². The summed E-state index contributed by atoms with van der Waals surface area (Å²) in [5.74, 6) is 0.922. The highest BCUT2D eigenvalue weighted by Gasteiger charge is 2.35. The van der Waals surface area contributed by atoms with Gasteiger partial charge in [0.05, 0.1) is 5.69 Å². The number of aromatic nitrogens is 1. The van der Waals surface area contributed by atoms with E-state index in [-0.39, 0.29) is 0 Å². The average Bonchev–Trinajstić information content (AvgIpc) is 2.79. The Morgan fingerprint density at radius 2 is 1.89 bits per heavy atom. The molecule has 100 valence electrons. The van der Waals surface area contributed by atoms with Crippen molar-refractivity contribution in [2.75, 3.05) is 13.1 Å². The van der Waals surface area contributed by atoms with Crippen molar-refractivity contribution in [3.05, 3.63) is 17.5 Å². The molecule has 0 unspecified atom stereocenters. The second kappa shape index (κ2) is 5.04. The van der Waals surface area contributed by atoms with Crippen LogP contribution in [0.3, 0.4) is 0 Å². The van der Waals surface area contributed by atoms with Crippen molar-refractivity contribution < 1.29 is 4.52 Å². The highest BCUT2D eigenvalue weighted by atomic mass is 16.5. The van der Waals surface area contributed by atoms with Crippen molar-refractivity contribution in [2.24, 2.45) is 5.41 Å². The number of nitrogens with zero attached hydrogens (tertiary/aromatic N) is 2. The van der Waals surface area contributed by atoms with Gasteiger partial charge >= 0.3 is 0 Å². The zero-order valence-electron chi connectivity index (χ0n) is 11.5. The fourth-order valence-electron chi connectivity index (χ4n) is 3.71. The molecule has 0 radical (unpaired) electrons. The van der Waals surface area contributed by atoms with Crippen LogP contribution in [0.1, 0.15) is 56.4 Å². The Morgan fingerprint density at radius 3 is 2.50 bits per heavy atom. The minimum absolute atomic E-state index is 0.703. The van der Waals surface area contributed by atoms with Gasteiger partial charge in [0.15, 0.2) is 0 Å². The standard InChI is InChI=1S/C15H24N2O/c1-13-11-14(16-18-13)12-17-9-7-15(8-10-17)5-3-2-4-6-15/h11H,2-10,12H2,1H3. The molecular weight excluding hydrogens is 224 g/mol. The van der Waals surface area contributed by atoms with Gasteiger partial charge in [-0.2, -0.15) is 0 Å². The SMILES string of the molecule is Cc1cc(CN2CCC3(CCCCC3)CC2)no1. The van der Waals surface area contributed by atoms with Crippen molar-refractivity contribution >= 4 is 0 Å². The van der Waals surface area contributed by atoms with Crippen LogP contribution in [0.4, 0.5) is 0 Å². The molecule has 3 nitrogen and oxygen atoms in total. The van der Waals surface area contributed by atoms with Crippen LogP contribution in [0, 0.1) is 12.3 Å². The second-order valence-corrected chi connectivity index (χ2v) is 6.27. The van der Waals surface area contributed by atoms with E-state index in [4.69, 9.17) is 4.52 Å². The van der Waals surface area contributed by atoms with Gasteiger partial charge in [0.25, 0.3) is 0 Å². The van der Waals surface area contributed by atoms with Crippen LogP contribution in [0.15, 0.2) is 10.6 Å². The highest BCUT2D eigenvalue weighted by Crippen LogP contribution is 2.44. The molecule has 1 aromatic heterocycles. The third-order valence-corrected chi connectivity index (χ3v) is 4.89. The summed E-state index contributed by atoms with van der Waals surface area (Å²) in [7, 11) is 0. The molecule has 1 aliphatic carbocycles. The van der Waals surface area contributed by atoms with Crippen molar-refractivity contribution in [3.63, 3.8) is 0 Å². The highest BCUT2D eigenvalue weighted by molar-refractivity contribution is 5.03. The Balaban J connectivity index is 1.53. The van der Waals surface area contributed by atoms with E-state index in [1.807, 2.05) is 6.92 Å². The van der Waals surface area contributed by atoms with Gasteiger partial charge in [0.2, 0.25) is 0 Å². The largest absolute Gasteiger partial charge is 0.361 e. The van der Waals surface area contributed by atoms with Crippen LogP contribution in [-0.2, 0) is 6.54 Å². The molecular formula is C15H24N2O. The van der Waals surface area contributed by atoms with Crippen LogP contribution < -0.4 is 0 Å². The summed E-state index contributed by atoms with van der Waals surface area (Å²) in [5.41, 5.74) is 1.79. The number of rotatable bonds is 2. The summed E-state index contributed by atoms with van der Waals surface area (Å²) in [6, 6.07) is 2.06.